The molecule has 2 saturated heterocycles. The van der Waals surface area contributed by atoms with Crippen molar-refractivity contribution in [3.05, 3.63) is 0 Å². The lowest BCUT2D eigenvalue weighted by atomic mass is 9.98. The van der Waals surface area contributed by atoms with Crippen LogP contribution in [-0.4, -0.2) is 60.9 Å². The van der Waals surface area contributed by atoms with Crippen LogP contribution >= 0.6 is 11.8 Å². The quantitative estimate of drug-likeness (QED) is 0.735. The topological polar surface area (TPSA) is 61.4 Å². The molecule has 2 rings (SSSR count). The molecule has 0 saturated carbocycles. The van der Waals surface area contributed by atoms with E-state index < -0.39 is 0 Å². The monoisotopic (exact) mass is 271 g/mol. The minimum absolute atomic E-state index is 0.0420. The lowest BCUT2D eigenvalue weighted by molar-refractivity contribution is -0.128. The van der Waals surface area contributed by atoms with Gasteiger partial charge in [-0.3, -0.25) is 14.5 Å². The third-order valence-corrected chi connectivity index (χ3v) is 4.41. The number of carbonyl (C=O) groups excluding carboxylic acids is 2. The molecule has 5 nitrogen and oxygen atoms in total. The molecule has 18 heavy (non-hydrogen) atoms. The lowest BCUT2D eigenvalue weighted by Crippen LogP contribution is -2.45. The lowest BCUT2D eigenvalue weighted by Gasteiger charge is -2.27. The Morgan fingerprint density at radius 2 is 2.22 bits per heavy atom. The molecule has 2 aliphatic rings. The Balaban J connectivity index is 1.60. The molecular weight excluding hydrogens is 250 g/mol. The molecular formula is C12H21N3O2S. The molecule has 1 atom stereocenters. The van der Waals surface area contributed by atoms with Crippen LogP contribution in [0.3, 0.4) is 0 Å². The van der Waals surface area contributed by atoms with E-state index in [1.54, 1.807) is 0 Å². The highest BCUT2D eigenvalue weighted by atomic mass is 32.2. The number of hydrogen-bond acceptors (Lipinski definition) is 4. The van der Waals surface area contributed by atoms with Crippen molar-refractivity contribution in [2.45, 2.75) is 12.8 Å². The first-order chi connectivity index (χ1) is 8.75. The van der Waals surface area contributed by atoms with Gasteiger partial charge >= 0.3 is 0 Å². The number of carbonyl (C=O) groups is 2. The van der Waals surface area contributed by atoms with E-state index in [-0.39, 0.29) is 17.7 Å². The summed E-state index contributed by atoms with van der Waals surface area (Å²) >= 11 is 1.99. The van der Waals surface area contributed by atoms with Gasteiger partial charge < -0.3 is 10.6 Å². The average Bonchev–Trinajstić information content (AvgIpc) is 2.40. The zero-order valence-corrected chi connectivity index (χ0v) is 11.4. The Hall–Kier alpha value is -0.750. The third kappa shape index (κ3) is 4.17. The summed E-state index contributed by atoms with van der Waals surface area (Å²) in [6.07, 6.45) is 1.15. The number of nitrogens with zero attached hydrogens (tertiary/aromatic N) is 1. The first kappa shape index (κ1) is 13.7. The van der Waals surface area contributed by atoms with Gasteiger partial charge in [-0.15, -0.1) is 0 Å². The van der Waals surface area contributed by atoms with Gasteiger partial charge in [-0.05, 0) is 6.42 Å². The SMILES string of the molecule is O=C1CCC(C(=O)NCCN2CCSCC2)CN1. The van der Waals surface area contributed by atoms with Gasteiger partial charge in [0.1, 0.15) is 0 Å². The van der Waals surface area contributed by atoms with Crippen molar-refractivity contribution < 1.29 is 9.59 Å². The van der Waals surface area contributed by atoms with Gasteiger partial charge in [-0.2, -0.15) is 11.8 Å². The molecule has 1 unspecified atom stereocenters. The first-order valence-electron chi connectivity index (χ1n) is 6.60. The van der Waals surface area contributed by atoms with E-state index in [1.807, 2.05) is 11.8 Å². The summed E-state index contributed by atoms with van der Waals surface area (Å²) in [4.78, 5) is 25.3. The van der Waals surface area contributed by atoms with Crippen molar-refractivity contribution in [1.29, 1.82) is 0 Å². The minimum atomic E-state index is -0.0420. The zero-order chi connectivity index (χ0) is 12.8. The number of hydrogen-bond donors (Lipinski definition) is 2. The molecule has 2 N–H and O–H groups in total. The van der Waals surface area contributed by atoms with Crippen LogP contribution in [0.25, 0.3) is 0 Å². The Labute approximate surface area is 112 Å². The van der Waals surface area contributed by atoms with E-state index in [9.17, 15) is 9.59 Å². The van der Waals surface area contributed by atoms with Crippen molar-refractivity contribution >= 4 is 23.6 Å². The van der Waals surface area contributed by atoms with E-state index in [2.05, 4.69) is 15.5 Å². The van der Waals surface area contributed by atoms with E-state index in [0.717, 1.165) is 19.6 Å². The second-order valence-electron chi connectivity index (χ2n) is 4.78. The van der Waals surface area contributed by atoms with Crippen LogP contribution in [-0.2, 0) is 9.59 Å². The fourth-order valence-corrected chi connectivity index (χ4v) is 3.24. The second-order valence-corrected chi connectivity index (χ2v) is 6.01. The van der Waals surface area contributed by atoms with Crippen LogP contribution in [0.2, 0.25) is 0 Å². The van der Waals surface area contributed by atoms with E-state index in [4.69, 9.17) is 0 Å². The van der Waals surface area contributed by atoms with Gasteiger partial charge in [0.25, 0.3) is 0 Å². The maximum Gasteiger partial charge on any atom is 0.224 e. The maximum absolute atomic E-state index is 11.9. The highest BCUT2D eigenvalue weighted by Gasteiger charge is 2.24. The maximum atomic E-state index is 11.9. The normalized spacial score (nSPS) is 25.6. The summed E-state index contributed by atoms with van der Waals surface area (Å²) < 4.78 is 0. The number of nitrogens with one attached hydrogen (secondary N) is 2. The molecule has 2 amide bonds. The van der Waals surface area contributed by atoms with E-state index >= 15 is 0 Å². The van der Waals surface area contributed by atoms with Gasteiger partial charge in [-0.25, -0.2) is 0 Å². The fourth-order valence-electron chi connectivity index (χ4n) is 2.26. The summed E-state index contributed by atoms with van der Waals surface area (Å²) in [6, 6.07) is 0. The van der Waals surface area contributed by atoms with Gasteiger partial charge in [-0.1, -0.05) is 0 Å². The number of piperidine rings is 1. The Kier molecular flexibility index (Phi) is 5.31. The predicted octanol–water partition coefficient (Wildman–Crippen LogP) is -0.322. The number of thioether (sulfide) groups is 1. The smallest absolute Gasteiger partial charge is 0.224 e. The van der Waals surface area contributed by atoms with Crippen LogP contribution in [0.15, 0.2) is 0 Å². The Bertz CT molecular complexity index is 296. The van der Waals surface area contributed by atoms with Crippen molar-refractivity contribution in [1.82, 2.24) is 15.5 Å². The van der Waals surface area contributed by atoms with Gasteiger partial charge in [0, 0.05) is 50.7 Å². The average molecular weight is 271 g/mol. The van der Waals surface area contributed by atoms with Gasteiger partial charge in [0.05, 0.1) is 5.92 Å². The molecule has 2 aliphatic heterocycles. The highest BCUT2D eigenvalue weighted by molar-refractivity contribution is 7.99. The van der Waals surface area contributed by atoms with Crippen molar-refractivity contribution in [3.8, 4) is 0 Å². The molecule has 102 valence electrons. The molecule has 0 aliphatic carbocycles. The van der Waals surface area contributed by atoms with Gasteiger partial charge in [0.15, 0.2) is 0 Å². The Morgan fingerprint density at radius 1 is 1.44 bits per heavy atom. The largest absolute Gasteiger partial charge is 0.355 e. The summed E-state index contributed by atoms with van der Waals surface area (Å²) in [6.45, 7) is 4.39. The molecule has 0 spiro atoms. The standard InChI is InChI=1S/C12H21N3O2S/c16-11-2-1-10(9-14-11)12(17)13-3-4-15-5-7-18-8-6-15/h10H,1-9H2,(H,13,17)(H,14,16). The van der Waals surface area contributed by atoms with Crippen molar-refractivity contribution in [2.75, 3.05) is 44.2 Å². The number of amides is 2. The highest BCUT2D eigenvalue weighted by Crippen LogP contribution is 2.11. The fraction of sp³-hybridized carbons (Fsp3) is 0.833. The van der Waals surface area contributed by atoms with E-state index in [1.165, 1.54) is 11.5 Å². The van der Waals surface area contributed by atoms with Crippen LogP contribution in [0, 0.1) is 5.92 Å². The van der Waals surface area contributed by atoms with Crippen LogP contribution in [0.4, 0.5) is 0 Å². The first-order valence-corrected chi connectivity index (χ1v) is 7.75. The van der Waals surface area contributed by atoms with Crippen molar-refractivity contribution in [2.24, 2.45) is 5.92 Å². The minimum Gasteiger partial charge on any atom is -0.355 e. The van der Waals surface area contributed by atoms with Gasteiger partial charge in [0.2, 0.25) is 11.8 Å². The van der Waals surface area contributed by atoms with Crippen molar-refractivity contribution in [3.63, 3.8) is 0 Å². The van der Waals surface area contributed by atoms with Crippen LogP contribution in [0.5, 0.6) is 0 Å². The molecule has 0 radical (unpaired) electrons. The third-order valence-electron chi connectivity index (χ3n) is 3.47. The summed E-state index contributed by atoms with van der Waals surface area (Å²) in [7, 11) is 0. The molecule has 0 aromatic carbocycles. The molecule has 2 heterocycles. The van der Waals surface area contributed by atoms with E-state index in [0.29, 0.717) is 25.9 Å². The van der Waals surface area contributed by atoms with Crippen LogP contribution in [0.1, 0.15) is 12.8 Å². The second kappa shape index (κ2) is 6.99. The number of rotatable bonds is 4. The molecule has 6 heteroatoms. The molecule has 0 bridgehead atoms. The summed E-state index contributed by atoms with van der Waals surface area (Å²) in [5.41, 5.74) is 0. The Morgan fingerprint density at radius 3 is 2.89 bits per heavy atom. The summed E-state index contributed by atoms with van der Waals surface area (Å²) in [5.74, 6) is 2.50. The molecule has 0 aromatic rings. The van der Waals surface area contributed by atoms with Crippen LogP contribution < -0.4 is 10.6 Å². The predicted molar refractivity (Wildman–Crippen MR) is 72.5 cm³/mol. The molecule has 0 aromatic heterocycles. The zero-order valence-electron chi connectivity index (χ0n) is 10.6. The summed E-state index contributed by atoms with van der Waals surface area (Å²) in [5, 5.41) is 5.72. The molecule has 2 fully saturated rings.